The highest BCUT2D eigenvalue weighted by molar-refractivity contribution is 5.77. The van der Waals surface area contributed by atoms with Crippen LogP contribution in [0.5, 0.6) is 0 Å². The minimum absolute atomic E-state index is 0.0705. The Bertz CT molecular complexity index is 368. The first kappa shape index (κ1) is 18.7. The molecule has 0 radical (unpaired) electrons. The Morgan fingerprint density at radius 1 is 1.32 bits per heavy atom. The number of likely N-dealkylation sites (tertiary alicyclic amines) is 1. The molecule has 7 nitrogen and oxygen atoms in total. The lowest BCUT2D eigenvalue weighted by Crippen LogP contribution is -2.45. The average Bonchev–Trinajstić information content (AvgIpc) is 2.85. The van der Waals surface area contributed by atoms with E-state index in [1.807, 2.05) is 20.8 Å². The minimum Gasteiger partial charge on any atom is -0.444 e. The highest BCUT2D eigenvalue weighted by atomic mass is 16.6. The Balaban J connectivity index is 2.29. The molecule has 1 saturated heterocycles. The quantitative estimate of drug-likeness (QED) is 0.677. The maximum absolute atomic E-state index is 12.1. The zero-order chi connectivity index (χ0) is 16.6. The van der Waals surface area contributed by atoms with Crippen molar-refractivity contribution >= 4 is 12.0 Å². The highest BCUT2D eigenvalue weighted by Gasteiger charge is 2.31. The fraction of sp³-hybridized carbons (Fsp3) is 0.867. The maximum Gasteiger partial charge on any atom is 0.410 e. The molecule has 22 heavy (non-hydrogen) atoms. The summed E-state index contributed by atoms with van der Waals surface area (Å²) in [5, 5.41) is 5.84. The number of ether oxygens (including phenoxy) is 2. The summed E-state index contributed by atoms with van der Waals surface area (Å²) < 4.78 is 10.3. The molecule has 1 fully saturated rings. The number of hydrogen-bond donors (Lipinski definition) is 2. The summed E-state index contributed by atoms with van der Waals surface area (Å²) >= 11 is 0. The molecule has 1 aliphatic rings. The summed E-state index contributed by atoms with van der Waals surface area (Å²) in [6.07, 6.45) is 1.62. The van der Waals surface area contributed by atoms with Gasteiger partial charge >= 0.3 is 6.09 Å². The summed E-state index contributed by atoms with van der Waals surface area (Å²) in [5.41, 5.74) is -0.487. The van der Waals surface area contributed by atoms with Crippen molar-refractivity contribution < 1.29 is 19.1 Å². The molecule has 1 rings (SSSR count). The topological polar surface area (TPSA) is 79.9 Å². The SMILES string of the molecule is COCCNC(=O)CNCC1CCCN1C(=O)OC(C)(C)C. The van der Waals surface area contributed by atoms with Gasteiger partial charge in [-0.2, -0.15) is 0 Å². The highest BCUT2D eigenvalue weighted by Crippen LogP contribution is 2.20. The summed E-state index contributed by atoms with van der Waals surface area (Å²) in [4.78, 5) is 25.4. The fourth-order valence-corrected chi connectivity index (χ4v) is 2.32. The number of nitrogens with one attached hydrogen (secondary N) is 2. The maximum atomic E-state index is 12.1. The molecule has 7 heteroatoms. The van der Waals surface area contributed by atoms with Gasteiger partial charge in [-0.05, 0) is 33.6 Å². The molecule has 0 aliphatic carbocycles. The molecular weight excluding hydrogens is 286 g/mol. The number of nitrogens with zero attached hydrogens (tertiary/aromatic N) is 1. The third-order valence-corrected chi connectivity index (χ3v) is 3.30. The van der Waals surface area contributed by atoms with Gasteiger partial charge in [-0.15, -0.1) is 0 Å². The normalized spacial score (nSPS) is 18.4. The van der Waals surface area contributed by atoms with Crippen LogP contribution >= 0.6 is 0 Å². The lowest BCUT2D eigenvalue weighted by Gasteiger charge is -2.28. The van der Waals surface area contributed by atoms with Gasteiger partial charge in [-0.25, -0.2) is 4.79 Å². The van der Waals surface area contributed by atoms with Crippen molar-refractivity contribution in [2.45, 2.75) is 45.3 Å². The first-order valence-electron chi connectivity index (χ1n) is 7.79. The van der Waals surface area contributed by atoms with Gasteiger partial charge in [0.25, 0.3) is 0 Å². The third kappa shape index (κ3) is 7.09. The van der Waals surface area contributed by atoms with Crippen molar-refractivity contribution in [3.8, 4) is 0 Å². The molecule has 1 atom stereocenters. The van der Waals surface area contributed by atoms with Crippen molar-refractivity contribution in [2.24, 2.45) is 0 Å². The Morgan fingerprint density at radius 2 is 2.05 bits per heavy atom. The summed E-state index contributed by atoms with van der Waals surface area (Å²) in [6, 6.07) is 0.0848. The van der Waals surface area contributed by atoms with E-state index in [0.29, 0.717) is 26.2 Å². The van der Waals surface area contributed by atoms with Crippen LogP contribution in [0.4, 0.5) is 4.79 Å². The van der Waals surface area contributed by atoms with E-state index in [2.05, 4.69) is 10.6 Å². The molecule has 0 aromatic carbocycles. The lowest BCUT2D eigenvalue weighted by molar-refractivity contribution is -0.120. The van der Waals surface area contributed by atoms with Crippen LogP contribution in [-0.4, -0.2) is 68.4 Å². The fourth-order valence-electron chi connectivity index (χ4n) is 2.32. The summed E-state index contributed by atoms with van der Waals surface area (Å²) in [5.74, 6) is -0.0705. The van der Waals surface area contributed by atoms with E-state index in [1.54, 1.807) is 12.0 Å². The largest absolute Gasteiger partial charge is 0.444 e. The number of amides is 2. The van der Waals surface area contributed by atoms with Gasteiger partial charge in [0, 0.05) is 32.8 Å². The average molecular weight is 315 g/mol. The lowest BCUT2D eigenvalue weighted by atomic mass is 10.2. The second-order valence-electron chi connectivity index (χ2n) is 6.44. The van der Waals surface area contributed by atoms with Crippen molar-refractivity contribution in [3.05, 3.63) is 0 Å². The third-order valence-electron chi connectivity index (χ3n) is 3.30. The van der Waals surface area contributed by atoms with Crippen LogP contribution in [0.1, 0.15) is 33.6 Å². The molecule has 1 unspecified atom stereocenters. The molecule has 2 amide bonds. The first-order chi connectivity index (χ1) is 10.3. The second-order valence-corrected chi connectivity index (χ2v) is 6.44. The van der Waals surface area contributed by atoms with Crippen molar-refractivity contribution in [1.29, 1.82) is 0 Å². The van der Waals surface area contributed by atoms with Crippen LogP contribution in [0.25, 0.3) is 0 Å². The molecule has 1 heterocycles. The van der Waals surface area contributed by atoms with E-state index in [9.17, 15) is 9.59 Å². The van der Waals surface area contributed by atoms with Gasteiger partial charge in [0.1, 0.15) is 5.60 Å². The van der Waals surface area contributed by atoms with Gasteiger partial charge in [0.05, 0.1) is 13.2 Å². The second kappa shape index (κ2) is 8.95. The molecule has 0 aromatic heterocycles. The number of rotatable bonds is 7. The van der Waals surface area contributed by atoms with Crippen LogP contribution in [-0.2, 0) is 14.3 Å². The predicted molar refractivity (Wildman–Crippen MR) is 83.7 cm³/mol. The molecule has 0 aromatic rings. The van der Waals surface area contributed by atoms with E-state index in [1.165, 1.54) is 0 Å². The van der Waals surface area contributed by atoms with E-state index in [0.717, 1.165) is 12.8 Å². The molecule has 2 N–H and O–H groups in total. The van der Waals surface area contributed by atoms with Gasteiger partial charge < -0.3 is 25.0 Å². The van der Waals surface area contributed by atoms with E-state index >= 15 is 0 Å². The molecule has 0 spiro atoms. The molecule has 1 aliphatic heterocycles. The Labute approximate surface area is 132 Å². The Kier molecular flexibility index (Phi) is 7.61. The summed E-state index contributed by atoms with van der Waals surface area (Å²) in [7, 11) is 1.59. The van der Waals surface area contributed by atoms with Crippen LogP contribution in [0.3, 0.4) is 0 Å². The Hall–Kier alpha value is -1.34. The van der Waals surface area contributed by atoms with E-state index in [4.69, 9.17) is 9.47 Å². The number of carbonyl (C=O) groups is 2. The number of carbonyl (C=O) groups excluding carboxylic acids is 2. The van der Waals surface area contributed by atoms with Crippen LogP contribution in [0.15, 0.2) is 0 Å². The van der Waals surface area contributed by atoms with Crippen LogP contribution < -0.4 is 10.6 Å². The van der Waals surface area contributed by atoms with Crippen LogP contribution in [0, 0.1) is 0 Å². The molecule has 0 saturated carbocycles. The van der Waals surface area contributed by atoms with E-state index in [-0.39, 0.29) is 24.6 Å². The van der Waals surface area contributed by atoms with Crippen molar-refractivity contribution in [1.82, 2.24) is 15.5 Å². The van der Waals surface area contributed by atoms with Crippen molar-refractivity contribution in [2.75, 3.05) is 39.9 Å². The van der Waals surface area contributed by atoms with E-state index < -0.39 is 5.60 Å². The molecule has 0 bridgehead atoms. The number of methoxy groups -OCH3 is 1. The minimum atomic E-state index is -0.487. The van der Waals surface area contributed by atoms with Gasteiger partial charge in [0.15, 0.2) is 0 Å². The van der Waals surface area contributed by atoms with Gasteiger partial charge in [-0.1, -0.05) is 0 Å². The number of hydrogen-bond acceptors (Lipinski definition) is 5. The predicted octanol–water partition coefficient (Wildman–Crippen LogP) is 0.738. The molecular formula is C15H29N3O4. The Morgan fingerprint density at radius 3 is 2.68 bits per heavy atom. The summed E-state index contributed by atoms with van der Waals surface area (Å²) in [6.45, 7) is 8.13. The van der Waals surface area contributed by atoms with Gasteiger partial charge in [0.2, 0.25) is 5.91 Å². The smallest absolute Gasteiger partial charge is 0.410 e. The van der Waals surface area contributed by atoms with Crippen LogP contribution in [0.2, 0.25) is 0 Å². The zero-order valence-electron chi connectivity index (χ0n) is 14.1. The van der Waals surface area contributed by atoms with Crippen molar-refractivity contribution in [3.63, 3.8) is 0 Å². The first-order valence-corrected chi connectivity index (χ1v) is 7.79. The van der Waals surface area contributed by atoms with Gasteiger partial charge in [-0.3, -0.25) is 4.79 Å². The molecule has 128 valence electrons. The monoisotopic (exact) mass is 315 g/mol. The zero-order valence-corrected chi connectivity index (χ0v) is 14.1. The standard InChI is InChI=1S/C15H29N3O4/c1-15(2,3)22-14(20)18-8-5-6-12(18)10-16-11-13(19)17-7-9-21-4/h12,16H,5-11H2,1-4H3,(H,17,19).